The molecule has 0 saturated carbocycles. The number of hydrogen-bond donors (Lipinski definition) is 2. The minimum atomic E-state index is -0.660. The standard InChI is InChI=1S/C25H26ClFN4O6/c1-33-4-5-34-14-6-12-2-3-13(20(12)16(27)7-14)9-28-23-15(26)8-17-24(30-23)31-25(29-17)37-19-11-36-21-18(32)10-35-22(19)21/h6-9,13,18-19,21-22,32H,2-5,10-11H2,1H3,(H,29,30,31)/b28-9+/t13?,18-,19-,21?,22?/m1/s1. The van der Waals surface area contributed by atoms with E-state index in [0.29, 0.717) is 40.7 Å². The first kappa shape index (κ1) is 24.5. The SMILES string of the molecule is COCCOc1cc(F)c2c(c1)CCC2/C=N/c1nc2nc(O[C@@H]3COC4C3OC[C@H]4O)[nH]c2cc1Cl. The van der Waals surface area contributed by atoms with Crippen LogP contribution in [0.2, 0.25) is 5.02 Å². The number of aliphatic hydroxyl groups excluding tert-OH is 1. The molecule has 196 valence electrons. The maximum absolute atomic E-state index is 14.9. The zero-order valence-electron chi connectivity index (χ0n) is 20.0. The van der Waals surface area contributed by atoms with Gasteiger partial charge in [0.25, 0.3) is 6.01 Å². The molecule has 2 fully saturated rings. The molecule has 3 aromatic rings. The van der Waals surface area contributed by atoms with Crippen molar-refractivity contribution in [2.45, 2.75) is 43.2 Å². The van der Waals surface area contributed by atoms with Crippen LogP contribution in [0.15, 0.2) is 23.2 Å². The van der Waals surface area contributed by atoms with Gasteiger partial charge in [0.05, 0.1) is 30.4 Å². The van der Waals surface area contributed by atoms with Crippen LogP contribution >= 0.6 is 11.6 Å². The molecule has 4 heterocycles. The van der Waals surface area contributed by atoms with E-state index in [9.17, 15) is 9.50 Å². The van der Waals surface area contributed by atoms with Crippen LogP contribution in [0.3, 0.4) is 0 Å². The van der Waals surface area contributed by atoms with Crippen LogP contribution in [0.25, 0.3) is 11.2 Å². The summed E-state index contributed by atoms with van der Waals surface area (Å²) in [5, 5.41) is 10.2. The second-order valence-corrected chi connectivity index (χ2v) is 9.68. The molecule has 1 aromatic carbocycles. The van der Waals surface area contributed by atoms with Crippen molar-refractivity contribution in [3.05, 3.63) is 40.2 Å². The van der Waals surface area contributed by atoms with Crippen LogP contribution in [0.1, 0.15) is 23.5 Å². The second kappa shape index (κ2) is 10.1. The molecule has 12 heteroatoms. The number of aromatic amines is 1. The number of hydrogen-bond acceptors (Lipinski definition) is 9. The zero-order chi connectivity index (χ0) is 25.5. The van der Waals surface area contributed by atoms with Gasteiger partial charge in [-0.05, 0) is 36.1 Å². The van der Waals surface area contributed by atoms with Crippen molar-refractivity contribution < 1.29 is 33.2 Å². The van der Waals surface area contributed by atoms with E-state index in [1.165, 1.54) is 6.07 Å². The quantitative estimate of drug-likeness (QED) is 0.335. The second-order valence-electron chi connectivity index (χ2n) is 9.27. The lowest BCUT2D eigenvalue weighted by Crippen LogP contribution is -2.34. The Hall–Kier alpha value is -2.83. The Balaban J connectivity index is 1.17. The average molecular weight is 533 g/mol. The average Bonchev–Trinajstić information content (AvgIpc) is 3.64. The monoisotopic (exact) mass is 532 g/mol. The number of aryl methyl sites for hydroxylation is 1. The smallest absolute Gasteiger partial charge is 0.296 e. The number of rotatable bonds is 8. The summed E-state index contributed by atoms with van der Waals surface area (Å²) in [5.41, 5.74) is 2.49. The molecule has 1 aliphatic carbocycles. The molecule has 3 unspecified atom stereocenters. The molecule has 2 N–H and O–H groups in total. The summed E-state index contributed by atoms with van der Waals surface area (Å²) in [7, 11) is 1.59. The first-order chi connectivity index (χ1) is 18.0. The van der Waals surface area contributed by atoms with E-state index in [2.05, 4.69) is 19.9 Å². The van der Waals surface area contributed by atoms with Crippen molar-refractivity contribution in [2.75, 3.05) is 33.5 Å². The Kier molecular flexibility index (Phi) is 6.72. The number of aliphatic hydroxyl groups is 1. The molecule has 2 aromatic heterocycles. The fraction of sp³-hybridized carbons (Fsp3) is 0.480. The normalized spacial score (nSPS) is 26.8. The van der Waals surface area contributed by atoms with Crippen molar-refractivity contribution in [1.29, 1.82) is 0 Å². The number of H-pyrrole nitrogens is 1. The predicted octanol–water partition coefficient (Wildman–Crippen LogP) is 3.11. The highest BCUT2D eigenvalue weighted by Gasteiger charge is 2.48. The molecule has 0 amide bonds. The lowest BCUT2D eigenvalue weighted by molar-refractivity contribution is 0.00706. The van der Waals surface area contributed by atoms with Gasteiger partial charge in [-0.3, -0.25) is 0 Å². The van der Waals surface area contributed by atoms with Gasteiger partial charge in [0, 0.05) is 25.3 Å². The number of halogens is 2. The van der Waals surface area contributed by atoms with E-state index >= 15 is 0 Å². The van der Waals surface area contributed by atoms with Crippen LogP contribution in [-0.4, -0.2) is 84.2 Å². The fourth-order valence-corrected chi connectivity index (χ4v) is 5.28. The molecular formula is C25H26ClFN4O6. The number of benzene rings is 1. The van der Waals surface area contributed by atoms with Crippen molar-refractivity contribution in [3.8, 4) is 11.8 Å². The van der Waals surface area contributed by atoms with Crippen molar-refractivity contribution in [1.82, 2.24) is 15.0 Å². The molecule has 37 heavy (non-hydrogen) atoms. The number of nitrogens with one attached hydrogen (secondary N) is 1. The zero-order valence-corrected chi connectivity index (χ0v) is 20.8. The number of nitrogens with zero attached hydrogens (tertiary/aromatic N) is 3. The first-order valence-electron chi connectivity index (χ1n) is 12.1. The van der Waals surface area contributed by atoms with E-state index < -0.39 is 18.3 Å². The number of fused-ring (bicyclic) bond motifs is 3. The number of methoxy groups -OCH3 is 1. The van der Waals surface area contributed by atoms with E-state index in [0.717, 1.165) is 18.4 Å². The lowest BCUT2D eigenvalue weighted by Gasteiger charge is -2.15. The highest BCUT2D eigenvalue weighted by molar-refractivity contribution is 6.33. The van der Waals surface area contributed by atoms with Crippen LogP contribution in [-0.2, 0) is 20.6 Å². The lowest BCUT2D eigenvalue weighted by atomic mass is 10.0. The summed E-state index contributed by atoms with van der Waals surface area (Å²) in [6.45, 7) is 1.29. The molecular weight excluding hydrogens is 507 g/mol. The third-order valence-electron chi connectivity index (χ3n) is 6.85. The van der Waals surface area contributed by atoms with E-state index in [1.54, 1.807) is 19.4 Å². The maximum atomic E-state index is 14.9. The van der Waals surface area contributed by atoms with Gasteiger partial charge in [-0.15, -0.1) is 0 Å². The topological polar surface area (TPSA) is 120 Å². The summed E-state index contributed by atoms with van der Waals surface area (Å²) in [4.78, 5) is 16.4. The van der Waals surface area contributed by atoms with Gasteiger partial charge in [-0.1, -0.05) is 11.6 Å². The van der Waals surface area contributed by atoms with Gasteiger partial charge in [0.15, 0.2) is 17.6 Å². The molecule has 0 bridgehead atoms. The third kappa shape index (κ3) is 4.77. The summed E-state index contributed by atoms with van der Waals surface area (Å²) < 4.78 is 42.6. The van der Waals surface area contributed by atoms with Crippen molar-refractivity contribution >= 4 is 34.8 Å². The highest BCUT2D eigenvalue weighted by atomic mass is 35.5. The van der Waals surface area contributed by atoms with Crippen LogP contribution in [0.5, 0.6) is 11.8 Å². The Bertz CT molecular complexity index is 1340. The minimum absolute atomic E-state index is 0.202. The van der Waals surface area contributed by atoms with Gasteiger partial charge < -0.3 is 33.8 Å². The van der Waals surface area contributed by atoms with Gasteiger partial charge in [0.1, 0.15) is 36.5 Å². The number of aliphatic imine (C=N–C) groups is 1. The Morgan fingerprint density at radius 3 is 2.95 bits per heavy atom. The summed E-state index contributed by atoms with van der Waals surface area (Å²) >= 11 is 6.44. The van der Waals surface area contributed by atoms with Crippen LogP contribution < -0.4 is 9.47 Å². The maximum Gasteiger partial charge on any atom is 0.296 e. The van der Waals surface area contributed by atoms with Gasteiger partial charge in [-0.25, -0.2) is 14.4 Å². The van der Waals surface area contributed by atoms with Crippen LogP contribution in [0, 0.1) is 5.82 Å². The molecule has 6 rings (SSSR count). The summed E-state index contributed by atoms with van der Waals surface area (Å²) in [5.74, 6) is 0.256. The van der Waals surface area contributed by atoms with Crippen LogP contribution in [0.4, 0.5) is 10.2 Å². The van der Waals surface area contributed by atoms with Gasteiger partial charge in [-0.2, -0.15) is 4.98 Å². The largest absolute Gasteiger partial charge is 0.491 e. The summed E-state index contributed by atoms with van der Waals surface area (Å²) in [6, 6.07) is 5.19. The molecule has 3 aliphatic rings. The minimum Gasteiger partial charge on any atom is -0.491 e. The highest BCUT2D eigenvalue weighted by Crippen LogP contribution is 2.37. The summed E-state index contributed by atoms with van der Waals surface area (Å²) in [6.07, 6.45) is 1.30. The Morgan fingerprint density at radius 1 is 1.22 bits per heavy atom. The van der Waals surface area contributed by atoms with Crippen molar-refractivity contribution in [3.63, 3.8) is 0 Å². The molecule has 10 nitrogen and oxygen atoms in total. The van der Waals surface area contributed by atoms with E-state index in [-0.39, 0.29) is 42.9 Å². The predicted molar refractivity (Wildman–Crippen MR) is 132 cm³/mol. The molecule has 2 saturated heterocycles. The molecule has 2 aliphatic heterocycles. The van der Waals surface area contributed by atoms with E-state index in [4.69, 9.17) is 35.3 Å². The van der Waals surface area contributed by atoms with E-state index in [1.807, 2.05) is 6.07 Å². The fourth-order valence-electron chi connectivity index (χ4n) is 5.08. The molecule has 0 spiro atoms. The Morgan fingerprint density at radius 2 is 2.08 bits per heavy atom. The van der Waals surface area contributed by atoms with Crippen molar-refractivity contribution in [2.24, 2.45) is 4.99 Å². The number of ether oxygens (including phenoxy) is 5. The third-order valence-corrected chi connectivity index (χ3v) is 7.13. The number of aromatic nitrogens is 3. The van der Waals surface area contributed by atoms with Gasteiger partial charge in [0.2, 0.25) is 0 Å². The molecule has 5 atom stereocenters. The number of pyridine rings is 1. The number of imidazole rings is 1. The van der Waals surface area contributed by atoms with Gasteiger partial charge >= 0.3 is 0 Å². The molecule has 0 radical (unpaired) electrons. The Labute approximate surface area is 216 Å². The first-order valence-corrected chi connectivity index (χ1v) is 12.5.